The van der Waals surface area contributed by atoms with Crippen LogP contribution < -0.4 is 10.6 Å². The van der Waals surface area contributed by atoms with Crippen molar-refractivity contribution in [2.75, 3.05) is 5.32 Å². The minimum absolute atomic E-state index is 0.0687. The fraction of sp³-hybridized carbons (Fsp3) is 0.263. The molecule has 2 amide bonds. The highest BCUT2D eigenvalue weighted by Gasteiger charge is 2.18. The number of amides is 2. The van der Waals surface area contributed by atoms with Gasteiger partial charge in [-0.3, -0.25) is 9.59 Å². The van der Waals surface area contributed by atoms with Gasteiger partial charge in [0.2, 0.25) is 0 Å². The largest absolute Gasteiger partial charge is 0.349 e. The molecule has 3 rings (SSSR count). The first kappa shape index (κ1) is 16.7. The third-order valence-corrected chi connectivity index (χ3v) is 4.68. The summed E-state index contributed by atoms with van der Waals surface area (Å²) in [7, 11) is 0. The lowest BCUT2D eigenvalue weighted by Crippen LogP contribution is -2.32. The van der Waals surface area contributed by atoms with Gasteiger partial charge in [0.05, 0.1) is 0 Å². The van der Waals surface area contributed by atoms with Gasteiger partial charge in [0.15, 0.2) is 0 Å². The number of anilines is 1. The van der Waals surface area contributed by atoms with E-state index >= 15 is 0 Å². The number of carbonyl (C=O) groups excluding carboxylic acids is 2. The Hall–Kier alpha value is -2.14. The molecule has 2 N–H and O–H groups in total. The van der Waals surface area contributed by atoms with Crippen LogP contribution in [0, 0.1) is 0 Å². The average molecular weight is 387 g/mol. The SMILES string of the molecule is O=C(Nc1cccc(Br)c1)c1ccc(C(=O)NC2CCCC2)cc1. The Balaban J connectivity index is 1.62. The summed E-state index contributed by atoms with van der Waals surface area (Å²) in [5.41, 5.74) is 1.82. The number of hydrogen-bond acceptors (Lipinski definition) is 2. The lowest BCUT2D eigenvalue weighted by atomic mass is 10.1. The van der Waals surface area contributed by atoms with E-state index in [1.807, 2.05) is 24.3 Å². The molecule has 1 saturated carbocycles. The summed E-state index contributed by atoms with van der Waals surface area (Å²) < 4.78 is 0.902. The molecule has 0 spiro atoms. The summed E-state index contributed by atoms with van der Waals surface area (Å²) >= 11 is 3.37. The Kier molecular flexibility index (Phi) is 5.30. The van der Waals surface area contributed by atoms with Gasteiger partial charge in [-0.1, -0.05) is 34.8 Å². The van der Waals surface area contributed by atoms with Crippen LogP contribution in [0.1, 0.15) is 46.4 Å². The van der Waals surface area contributed by atoms with Gasteiger partial charge in [-0.2, -0.15) is 0 Å². The number of hydrogen-bond donors (Lipinski definition) is 2. The average Bonchev–Trinajstić information content (AvgIpc) is 3.08. The van der Waals surface area contributed by atoms with Crippen LogP contribution in [0.3, 0.4) is 0 Å². The van der Waals surface area contributed by atoms with E-state index in [9.17, 15) is 9.59 Å². The lowest BCUT2D eigenvalue weighted by molar-refractivity contribution is 0.0936. The Morgan fingerprint density at radius 1 is 0.917 bits per heavy atom. The quantitative estimate of drug-likeness (QED) is 0.819. The molecule has 124 valence electrons. The van der Waals surface area contributed by atoms with Crippen LogP contribution in [-0.4, -0.2) is 17.9 Å². The van der Waals surface area contributed by atoms with Crippen LogP contribution in [-0.2, 0) is 0 Å². The smallest absolute Gasteiger partial charge is 0.255 e. The second-order valence-electron chi connectivity index (χ2n) is 6.00. The summed E-state index contributed by atoms with van der Waals surface area (Å²) in [6.45, 7) is 0. The van der Waals surface area contributed by atoms with E-state index in [0.29, 0.717) is 11.1 Å². The Morgan fingerprint density at radius 3 is 2.17 bits per heavy atom. The fourth-order valence-corrected chi connectivity index (χ4v) is 3.28. The van der Waals surface area contributed by atoms with Crippen LogP contribution in [0.25, 0.3) is 0 Å². The molecule has 0 aliphatic heterocycles. The highest BCUT2D eigenvalue weighted by atomic mass is 79.9. The van der Waals surface area contributed by atoms with Crippen molar-refractivity contribution in [3.63, 3.8) is 0 Å². The van der Waals surface area contributed by atoms with Crippen molar-refractivity contribution >= 4 is 33.4 Å². The van der Waals surface area contributed by atoms with Gasteiger partial charge in [-0.25, -0.2) is 0 Å². The van der Waals surface area contributed by atoms with E-state index in [-0.39, 0.29) is 17.9 Å². The summed E-state index contributed by atoms with van der Waals surface area (Å²) in [4.78, 5) is 24.5. The van der Waals surface area contributed by atoms with Crippen molar-refractivity contribution in [1.82, 2.24) is 5.32 Å². The predicted molar refractivity (Wildman–Crippen MR) is 98.3 cm³/mol. The molecular weight excluding hydrogens is 368 g/mol. The highest BCUT2D eigenvalue weighted by molar-refractivity contribution is 9.10. The summed E-state index contributed by atoms with van der Waals surface area (Å²) in [6.07, 6.45) is 4.47. The maximum Gasteiger partial charge on any atom is 0.255 e. The van der Waals surface area contributed by atoms with Crippen LogP contribution in [0.4, 0.5) is 5.69 Å². The third kappa shape index (κ3) is 4.23. The molecule has 2 aromatic rings. The van der Waals surface area contributed by atoms with Crippen molar-refractivity contribution in [2.45, 2.75) is 31.7 Å². The van der Waals surface area contributed by atoms with E-state index in [2.05, 4.69) is 26.6 Å². The van der Waals surface area contributed by atoms with E-state index in [1.165, 1.54) is 12.8 Å². The van der Waals surface area contributed by atoms with E-state index in [4.69, 9.17) is 0 Å². The van der Waals surface area contributed by atoms with Gasteiger partial charge >= 0.3 is 0 Å². The molecule has 5 heteroatoms. The first-order chi connectivity index (χ1) is 11.6. The molecule has 0 aromatic heterocycles. The number of carbonyl (C=O) groups is 2. The van der Waals surface area contributed by atoms with E-state index in [1.54, 1.807) is 24.3 Å². The van der Waals surface area contributed by atoms with Crippen molar-refractivity contribution in [1.29, 1.82) is 0 Å². The molecule has 4 nitrogen and oxygen atoms in total. The predicted octanol–water partition coefficient (Wildman–Crippen LogP) is 4.37. The number of halogens is 1. The van der Waals surface area contributed by atoms with Crippen LogP contribution in [0.2, 0.25) is 0 Å². The number of nitrogens with one attached hydrogen (secondary N) is 2. The van der Waals surface area contributed by atoms with Crippen LogP contribution >= 0.6 is 15.9 Å². The molecule has 0 atom stereocenters. The highest BCUT2D eigenvalue weighted by Crippen LogP contribution is 2.19. The van der Waals surface area contributed by atoms with E-state index in [0.717, 1.165) is 23.0 Å². The molecule has 1 aliphatic rings. The molecule has 1 fully saturated rings. The summed E-state index contributed by atoms with van der Waals surface area (Å²) in [5, 5.41) is 5.88. The minimum atomic E-state index is -0.198. The number of benzene rings is 2. The normalized spacial score (nSPS) is 14.4. The molecule has 24 heavy (non-hydrogen) atoms. The zero-order valence-electron chi connectivity index (χ0n) is 13.2. The van der Waals surface area contributed by atoms with Crippen molar-refractivity contribution in [3.05, 3.63) is 64.1 Å². The number of rotatable bonds is 4. The molecule has 0 radical (unpaired) electrons. The zero-order valence-corrected chi connectivity index (χ0v) is 14.8. The van der Waals surface area contributed by atoms with Gasteiger partial charge in [0.25, 0.3) is 11.8 Å². The van der Waals surface area contributed by atoms with Gasteiger partial charge in [-0.15, -0.1) is 0 Å². The summed E-state index contributed by atoms with van der Waals surface area (Å²) in [5.74, 6) is -0.267. The zero-order chi connectivity index (χ0) is 16.9. The second kappa shape index (κ2) is 7.62. The molecule has 0 saturated heterocycles. The lowest BCUT2D eigenvalue weighted by Gasteiger charge is -2.12. The molecule has 2 aromatic carbocycles. The van der Waals surface area contributed by atoms with Crippen molar-refractivity contribution in [2.24, 2.45) is 0 Å². The standard InChI is InChI=1S/C19H19BrN2O2/c20-15-4-3-7-17(12-15)22-19(24)14-10-8-13(9-11-14)18(23)21-16-5-1-2-6-16/h3-4,7-12,16H,1-2,5-6H2,(H,21,23)(H,22,24). The Morgan fingerprint density at radius 2 is 1.54 bits per heavy atom. The van der Waals surface area contributed by atoms with Crippen LogP contribution in [0.15, 0.2) is 53.0 Å². The maximum atomic E-state index is 12.3. The summed E-state index contributed by atoms with van der Waals surface area (Å²) in [6, 6.07) is 14.4. The van der Waals surface area contributed by atoms with Gasteiger partial charge in [-0.05, 0) is 55.3 Å². The molecule has 0 heterocycles. The van der Waals surface area contributed by atoms with Crippen molar-refractivity contribution in [3.8, 4) is 0 Å². The molecular formula is C19H19BrN2O2. The monoisotopic (exact) mass is 386 g/mol. The Bertz CT molecular complexity index is 737. The van der Waals surface area contributed by atoms with Crippen molar-refractivity contribution < 1.29 is 9.59 Å². The van der Waals surface area contributed by atoms with Gasteiger partial charge in [0.1, 0.15) is 0 Å². The third-order valence-electron chi connectivity index (χ3n) is 4.18. The molecule has 0 bridgehead atoms. The van der Waals surface area contributed by atoms with Gasteiger partial charge < -0.3 is 10.6 Å². The maximum absolute atomic E-state index is 12.3. The minimum Gasteiger partial charge on any atom is -0.349 e. The Labute approximate surface area is 149 Å². The fourth-order valence-electron chi connectivity index (χ4n) is 2.88. The van der Waals surface area contributed by atoms with Gasteiger partial charge in [0, 0.05) is 27.3 Å². The second-order valence-corrected chi connectivity index (χ2v) is 6.91. The molecule has 0 unspecified atom stereocenters. The molecule has 1 aliphatic carbocycles. The van der Waals surface area contributed by atoms with Crippen LogP contribution in [0.5, 0.6) is 0 Å². The first-order valence-corrected chi connectivity index (χ1v) is 8.89. The van der Waals surface area contributed by atoms with E-state index < -0.39 is 0 Å². The topological polar surface area (TPSA) is 58.2 Å². The first-order valence-electron chi connectivity index (χ1n) is 8.10.